The average Bonchev–Trinajstić information content (AvgIpc) is 3.27. The van der Waals surface area contributed by atoms with Gasteiger partial charge in [-0.05, 0) is 48.4 Å². The SMILES string of the molecule is O=C(Cn1nnc(-c2cccc(C(F)(F)F)c2)n1)Nc1cccc(S(=O)(=O)N2CCCCC2)c1. The van der Waals surface area contributed by atoms with E-state index in [-0.39, 0.29) is 28.5 Å². The van der Waals surface area contributed by atoms with Crippen LogP contribution in [0.4, 0.5) is 18.9 Å². The fourth-order valence-electron chi connectivity index (χ4n) is 3.58. The van der Waals surface area contributed by atoms with Crippen molar-refractivity contribution in [1.29, 1.82) is 0 Å². The van der Waals surface area contributed by atoms with Crippen LogP contribution in [0.2, 0.25) is 0 Å². The standard InChI is InChI=1S/C21H21F3N6O3S/c22-21(23,24)16-7-4-6-15(12-16)20-26-28-30(27-20)14-19(31)25-17-8-5-9-18(13-17)34(32,33)29-10-2-1-3-11-29/h4-9,12-13H,1-3,10-11,14H2,(H,25,31). The average molecular weight is 494 g/mol. The van der Waals surface area contributed by atoms with Crippen molar-refractivity contribution in [3.63, 3.8) is 0 Å². The third kappa shape index (κ3) is 5.42. The van der Waals surface area contributed by atoms with Crippen LogP contribution in [-0.4, -0.2) is 51.9 Å². The molecule has 1 amide bonds. The molecule has 2 aromatic carbocycles. The lowest BCUT2D eigenvalue weighted by Gasteiger charge is -2.26. The fraction of sp³-hybridized carbons (Fsp3) is 0.333. The Morgan fingerprint density at radius 3 is 2.50 bits per heavy atom. The van der Waals surface area contributed by atoms with Gasteiger partial charge in [0.05, 0.1) is 10.5 Å². The molecule has 2 heterocycles. The number of carbonyl (C=O) groups excluding carboxylic acids is 1. The summed E-state index contributed by atoms with van der Waals surface area (Å²) in [5.74, 6) is -0.617. The van der Waals surface area contributed by atoms with Crippen LogP contribution in [0.1, 0.15) is 24.8 Å². The van der Waals surface area contributed by atoms with Crippen LogP contribution in [0.15, 0.2) is 53.4 Å². The number of sulfonamides is 1. The molecule has 0 spiro atoms. The maximum absolute atomic E-state index is 12.9. The summed E-state index contributed by atoms with van der Waals surface area (Å²) in [6, 6.07) is 10.4. The van der Waals surface area contributed by atoms with Gasteiger partial charge in [-0.1, -0.05) is 24.6 Å². The summed E-state index contributed by atoms with van der Waals surface area (Å²) >= 11 is 0. The van der Waals surface area contributed by atoms with E-state index >= 15 is 0 Å². The first-order valence-corrected chi connectivity index (χ1v) is 11.9. The van der Waals surface area contributed by atoms with Crippen LogP contribution in [0.3, 0.4) is 0 Å². The Labute approximate surface area is 193 Å². The van der Waals surface area contributed by atoms with Gasteiger partial charge in [-0.15, -0.1) is 10.2 Å². The Kier molecular flexibility index (Phi) is 6.66. The van der Waals surface area contributed by atoms with Gasteiger partial charge in [-0.25, -0.2) is 8.42 Å². The van der Waals surface area contributed by atoms with Crippen LogP contribution in [0.25, 0.3) is 11.4 Å². The number of nitrogens with zero attached hydrogens (tertiary/aromatic N) is 5. The van der Waals surface area contributed by atoms with Gasteiger partial charge in [0.25, 0.3) is 0 Å². The normalized spacial score (nSPS) is 15.3. The molecule has 0 aliphatic carbocycles. The number of piperidine rings is 1. The molecule has 0 saturated carbocycles. The number of alkyl halides is 3. The third-order valence-corrected chi connectivity index (χ3v) is 7.15. The number of amides is 1. The van der Waals surface area contributed by atoms with Crippen LogP contribution in [0.5, 0.6) is 0 Å². The molecular weight excluding hydrogens is 473 g/mol. The lowest BCUT2D eigenvalue weighted by Crippen LogP contribution is -2.35. The zero-order valence-corrected chi connectivity index (χ0v) is 18.7. The quantitative estimate of drug-likeness (QED) is 0.564. The molecule has 1 aromatic heterocycles. The first-order valence-electron chi connectivity index (χ1n) is 10.5. The van der Waals surface area contributed by atoms with E-state index in [1.807, 2.05) is 0 Å². The summed E-state index contributed by atoms with van der Waals surface area (Å²) in [6.07, 6.45) is -1.90. The number of aromatic nitrogens is 4. The van der Waals surface area contributed by atoms with Gasteiger partial charge in [0.2, 0.25) is 21.8 Å². The summed E-state index contributed by atoms with van der Waals surface area (Å²) in [5, 5.41) is 14.0. The van der Waals surface area contributed by atoms with E-state index in [9.17, 15) is 26.4 Å². The minimum absolute atomic E-state index is 0.0616. The van der Waals surface area contributed by atoms with Gasteiger partial charge < -0.3 is 5.32 Å². The smallest absolute Gasteiger partial charge is 0.324 e. The van der Waals surface area contributed by atoms with Crippen molar-refractivity contribution in [2.45, 2.75) is 36.9 Å². The van der Waals surface area contributed by atoms with E-state index in [1.165, 1.54) is 34.6 Å². The minimum atomic E-state index is -4.51. The van der Waals surface area contributed by atoms with Gasteiger partial charge in [0.1, 0.15) is 6.54 Å². The van der Waals surface area contributed by atoms with Crippen molar-refractivity contribution < 1.29 is 26.4 Å². The molecule has 1 aliphatic rings. The van der Waals surface area contributed by atoms with Crippen LogP contribution < -0.4 is 5.32 Å². The van der Waals surface area contributed by atoms with Crippen LogP contribution >= 0.6 is 0 Å². The van der Waals surface area contributed by atoms with E-state index in [2.05, 4.69) is 20.7 Å². The Bertz CT molecular complexity index is 1290. The predicted octanol–water partition coefficient (Wildman–Crippen LogP) is 3.17. The first kappa shape index (κ1) is 23.8. The molecule has 1 N–H and O–H groups in total. The summed E-state index contributed by atoms with van der Waals surface area (Å²) < 4.78 is 65.9. The second-order valence-electron chi connectivity index (χ2n) is 7.76. The molecule has 4 rings (SSSR count). The molecule has 1 saturated heterocycles. The monoisotopic (exact) mass is 494 g/mol. The number of hydrogen-bond donors (Lipinski definition) is 1. The van der Waals surface area contributed by atoms with E-state index < -0.39 is 27.7 Å². The van der Waals surface area contributed by atoms with Gasteiger partial charge in [0, 0.05) is 24.3 Å². The highest BCUT2D eigenvalue weighted by Gasteiger charge is 2.31. The van der Waals surface area contributed by atoms with Crippen molar-refractivity contribution in [3.8, 4) is 11.4 Å². The number of tetrazole rings is 1. The van der Waals surface area contributed by atoms with Crippen molar-refractivity contribution in [1.82, 2.24) is 24.5 Å². The summed E-state index contributed by atoms with van der Waals surface area (Å²) in [6.45, 7) is 0.561. The Morgan fingerprint density at radius 2 is 1.76 bits per heavy atom. The third-order valence-electron chi connectivity index (χ3n) is 5.26. The Morgan fingerprint density at radius 1 is 1.03 bits per heavy atom. The second-order valence-corrected chi connectivity index (χ2v) is 9.70. The Balaban J connectivity index is 1.43. The largest absolute Gasteiger partial charge is 0.416 e. The molecular formula is C21H21F3N6O3S. The second kappa shape index (κ2) is 9.50. The van der Waals surface area contributed by atoms with Gasteiger partial charge in [0.15, 0.2) is 0 Å². The summed E-state index contributed by atoms with van der Waals surface area (Å²) in [7, 11) is -3.66. The van der Waals surface area contributed by atoms with E-state index in [1.54, 1.807) is 6.07 Å². The zero-order chi connectivity index (χ0) is 24.3. The molecule has 0 radical (unpaired) electrons. The lowest BCUT2D eigenvalue weighted by molar-refractivity contribution is -0.137. The fourth-order valence-corrected chi connectivity index (χ4v) is 5.14. The lowest BCUT2D eigenvalue weighted by atomic mass is 10.1. The number of hydrogen-bond acceptors (Lipinski definition) is 6. The molecule has 0 bridgehead atoms. The highest BCUT2D eigenvalue weighted by Crippen LogP contribution is 2.31. The topological polar surface area (TPSA) is 110 Å². The number of carbonyl (C=O) groups is 1. The zero-order valence-electron chi connectivity index (χ0n) is 17.9. The molecule has 1 aliphatic heterocycles. The van der Waals surface area contributed by atoms with Crippen molar-refractivity contribution in [3.05, 3.63) is 54.1 Å². The number of anilines is 1. The molecule has 0 unspecified atom stereocenters. The summed E-state index contributed by atoms with van der Waals surface area (Å²) in [5.41, 5.74) is -0.461. The molecule has 1 fully saturated rings. The van der Waals surface area contributed by atoms with E-state index in [4.69, 9.17) is 0 Å². The van der Waals surface area contributed by atoms with Crippen molar-refractivity contribution in [2.75, 3.05) is 18.4 Å². The number of nitrogens with one attached hydrogen (secondary N) is 1. The number of rotatable bonds is 6. The first-order chi connectivity index (χ1) is 16.1. The van der Waals surface area contributed by atoms with Gasteiger partial charge in [-0.3, -0.25) is 4.79 Å². The molecule has 3 aromatic rings. The maximum Gasteiger partial charge on any atom is 0.416 e. The van der Waals surface area contributed by atoms with Crippen LogP contribution in [0, 0.1) is 0 Å². The summed E-state index contributed by atoms with van der Waals surface area (Å²) in [4.78, 5) is 13.5. The van der Waals surface area contributed by atoms with Gasteiger partial charge >= 0.3 is 6.18 Å². The molecule has 34 heavy (non-hydrogen) atoms. The predicted molar refractivity (Wildman–Crippen MR) is 116 cm³/mol. The molecule has 13 heteroatoms. The van der Waals surface area contributed by atoms with E-state index in [0.29, 0.717) is 13.1 Å². The highest BCUT2D eigenvalue weighted by molar-refractivity contribution is 7.89. The molecule has 0 atom stereocenters. The maximum atomic E-state index is 12.9. The highest BCUT2D eigenvalue weighted by atomic mass is 32.2. The van der Waals surface area contributed by atoms with Gasteiger partial charge in [-0.2, -0.15) is 22.3 Å². The van der Waals surface area contributed by atoms with E-state index in [0.717, 1.165) is 36.2 Å². The molecule has 180 valence electrons. The number of halogens is 3. The van der Waals surface area contributed by atoms with Crippen molar-refractivity contribution >= 4 is 21.6 Å². The number of benzene rings is 2. The van der Waals surface area contributed by atoms with Crippen molar-refractivity contribution in [2.24, 2.45) is 0 Å². The molecule has 9 nitrogen and oxygen atoms in total. The Hall–Kier alpha value is -3.32. The van der Waals surface area contributed by atoms with Crippen LogP contribution in [-0.2, 0) is 27.5 Å². The minimum Gasteiger partial charge on any atom is -0.324 e.